The van der Waals surface area contributed by atoms with Gasteiger partial charge >= 0.3 is 5.97 Å². The minimum Gasteiger partial charge on any atom is -0.493 e. The van der Waals surface area contributed by atoms with Crippen LogP contribution in [0.4, 0.5) is 4.39 Å². The van der Waals surface area contributed by atoms with Gasteiger partial charge in [0.15, 0.2) is 17.1 Å². The largest absolute Gasteiger partial charge is 0.493 e. The van der Waals surface area contributed by atoms with E-state index in [1.54, 1.807) is 40.6 Å². The van der Waals surface area contributed by atoms with Gasteiger partial charge in [0.25, 0.3) is 0 Å². The van der Waals surface area contributed by atoms with Gasteiger partial charge in [0.1, 0.15) is 11.9 Å². The van der Waals surface area contributed by atoms with Crippen LogP contribution in [-0.2, 0) is 27.1 Å². The summed E-state index contributed by atoms with van der Waals surface area (Å²) in [6, 6.07) is 8.62. The van der Waals surface area contributed by atoms with Crippen molar-refractivity contribution in [2.24, 2.45) is 5.92 Å². The van der Waals surface area contributed by atoms with Gasteiger partial charge in [0.2, 0.25) is 5.75 Å². The molecule has 1 aliphatic rings. The number of aryl methyl sites for hydroxylation is 1. The van der Waals surface area contributed by atoms with Gasteiger partial charge in [0, 0.05) is 26.6 Å². The quantitative estimate of drug-likeness (QED) is 0.322. The van der Waals surface area contributed by atoms with E-state index in [4.69, 9.17) is 23.7 Å². The number of carbonyl (C=O) groups is 1. The van der Waals surface area contributed by atoms with Crippen molar-refractivity contribution in [3.8, 4) is 17.2 Å². The molecular formula is C30H42FNO6. The van der Waals surface area contributed by atoms with Gasteiger partial charge in [-0.1, -0.05) is 19.9 Å². The van der Waals surface area contributed by atoms with Crippen LogP contribution in [-0.4, -0.2) is 65.0 Å². The zero-order valence-corrected chi connectivity index (χ0v) is 23.8. The van der Waals surface area contributed by atoms with E-state index < -0.39 is 11.7 Å². The highest BCUT2D eigenvalue weighted by molar-refractivity contribution is 5.80. The molecule has 0 amide bonds. The molecule has 2 aromatic rings. The molecule has 0 saturated carbocycles. The van der Waals surface area contributed by atoms with Crippen LogP contribution in [0.3, 0.4) is 0 Å². The summed E-state index contributed by atoms with van der Waals surface area (Å²) < 4.78 is 42.1. The van der Waals surface area contributed by atoms with Gasteiger partial charge < -0.3 is 28.6 Å². The minimum absolute atomic E-state index is 0.0974. The summed E-state index contributed by atoms with van der Waals surface area (Å²) in [5.74, 6) is 1.09. The Morgan fingerprint density at radius 2 is 1.74 bits per heavy atom. The van der Waals surface area contributed by atoms with E-state index in [-0.39, 0.29) is 17.7 Å². The third kappa shape index (κ3) is 6.59. The number of benzene rings is 2. The van der Waals surface area contributed by atoms with Gasteiger partial charge in [-0.2, -0.15) is 0 Å². The summed E-state index contributed by atoms with van der Waals surface area (Å²) in [4.78, 5) is 15.8. The minimum atomic E-state index is -1.08. The Morgan fingerprint density at radius 1 is 1.05 bits per heavy atom. The number of hydrogen-bond donors (Lipinski definition) is 0. The molecular weight excluding hydrogens is 489 g/mol. The van der Waals surface area contributed by atoms with Gasteiger partial charge in [-0.3, -0.25) is 0 Å². The zero-order valence-electron chi connectivity index (χ0n) is 23.8. The number of hydrogen-bond acceptors (Lipinski definition) is 7. The average Bonchev–Trinajstić information content (AvgIpc) is 2.91. The first-order valence-corrected chi connectivity index (χ1v) is 13.2. The molecule has 0 spiro atoms. The second-order valence-corrected chi connectivity index (χ2v) is 10.2. The Bertz CT molecular complexity index is 1070. The maximum Gasteiger partial charge on any atom is 0.339 e. The fourth-order valence-corrected chi connectivity index (χ4v) is 5.21. The number of rotatable bonds is 13. The monoisotopic (exact) mass is 531 g/mol. The van der Waals surface area contributed by atoms with Crippen LogP contribution in [0.25, 0.3) is 0 Å². The highest BCUT2D eigenvalue weighted by Gasteiger charge is 2.44. The Morgan fingerprint density at radius 3 is 2.32 bits per heavy atom. The first kappa shape index (κ1) is 29.7. The summed E-state index contributed by atoms with van der Waals surface area (Å²) in [5.41, 5.74) is 1.77. The van der Waals surface area contributed by atoms with Crippen molar-refractivity contribution in [3.05, 3.63) is 52.8 Å². The number of ether oxygens (including phenoxy) is 5. The summed E-state index contributed by atoms with van der Waals surface area (Å²) in [7, 11) is 8.39. The standard InChI is InChI=1S/C30H42FNO6/c1-20(2)30(37-7,29(33)38-25-10-8-9-22-19-23(31)11-12-24(22)25)14-16-32(3)15-13-21-17-26(34-4)28(36-6)27(18-21)35-5/h11-12,17-20,25H,8-10,13-16H2,1-7H3/t25-,30+/m0/s1. The lowest BCUT2D eigenvalue weighted by Gasteiger charge is -2.37. The SMILES string of the molecule is COc1cc(CCN(C)CC[C@](OC)(C(=O)O[C@H]2CCCc3cc(F)ccc32)C(C)C)cc(OC)c1OC. The van der Waals surface area contributed by atoms with Crippen LogP contribution in [0, 0.1) is 11.7 Å². The normalized spacial score (nSPS) is 16.6. The van der Waals surface area contributed by atoms with Crippen molar-refractivity contribution in [1.82, 2.24) is 4.90 Å². The molecule has 0 aliphatic heterocycles. The molecule has 2 atom stereocenters. The molecule has 0 radical (unpaired) electrons. The van der Waals surface area contributed by atoms with E-state index in [2.05, 4.69) is 4.90 Å². The average molecular weight is 532 g/mol. The number of fused-ring (bicyclic) bond motifs is 1. The summed E-state index contributed by atoms with van der Waals surface area (Å²) in [6.45, 7) is 5.35. The zero-order chi connectivity index (χ0) is 27.9. The highest BCUT2D eigenvalue weighted by Crippen LogP contribution is 2.39. The lowest BCUT2D eigenvalue weighted by atomic mass is 9.85. The molecule has 0 bridgehead atoms. The van der Waals surface area contributed by atoms with Gasteiger partial charge in [0.05, 0.1) is 21.3 Å². The van der Waals surface area contributed by atoms with E-state index in [9.17, 15) is 9.18 Å². The molecule has 0 saturated heterocycles. The topological polar surface area (TPSA) is 66.5 Å². The van der Waals surface area contributed by atoms with Crippen LogP contribution >= 0.6 is 0 Å². The molecule has 38 heavy (non-hydrogen) atoms. The van der Waals surface area contributed by atoms with Gasteiger partial charge in [-0.05, 0) is 79.6 Å². The molecule has 2 aromatic carbocycles. The first-order chi connectivity index (χ1) is 18.2. The highest BCUT2D eigenvalue weighted by atomic mass is 19.1. The second-order valence-electron chi connectivity index (χ2n) is 10.2. The number of esters is 1. The van der Waals surface area contributed by atoms with Gasteiger partial charge in [-0.25, -0.2) is 9.18 Å². The molecule has 8 heteroatoms. The Labute approximate surface area is 226 Å². The van der Waals surface area contributed by atoms with Crippen LogP contribution in [0.5, 0.6) is 17.2 Å². The van der Waals surface area contributed by atoms with E-state index >= 15 is 0 Å². The third-order valence-corrected chi connectivity index (χ3v) is 7.63. The van der Waals surface area contributed by atoms with Crippen LogP contribution < -0.4 is 14.2 Å². The summed E-state index contributed by atoms with van der Waals surface area (Å²) in [6.07, 6.45) is 3.20. The van der Waals surface area contributed by atoms with Crippen LogP contribution in [0.15, 0.2) is 30.3 Å². The number of likely N-dealkylation sites (N-methyl/N-ethyl adjacent to an activating group) is 1. The number of methoxy groups -OCH3 is 4. The van der Waals surface area contributed by atoms with E-state index in [1.165, 1.54) is 6.07 Å². The molecule has 0 unspecified atom stereocenters. The Hall–Kier alpha value is -2.84. The first-order valence-electron chi connectivity index (χ1n) is 13.2. The lowest BCUT2D eigenvalue weighted by molar-refractivity contribution is -0.183. The fourth-order valence-electron chi connectivity index (χ4n) is 5.21. The maximum atomic E-state index is 13.7. The van der Waals surface area contributed by atoms with Crippen molar-refractivity contribution in [2.45, 2.75) is 57.7 Å². The lowest BCUT2D eigenvalue weighted by Crippen LogP contribution is -2.49. The second kappa shape index (κ2) is 13.3. The Balaban J connectivity index is 1.66. The van der Waals surface area contributed by atoms with Crippen molar-refractivity contribution in [3.63, 3.8) is 0 Å². The molecule has 0 N–H and O–H groups in total. The number of nitrogens with zero attached hydrogens (tertiary/aromatic N) is 1. The number of carbonyl (C=O) groups excluding carboxylic acids is 1. The van der Waals surface area contributed by atoms with Crippen LogP contribution in [0.1, 0.15) is 55.9 Å². The van der Waals surface area contributed by atoms with E-state index in [1.807, 2.05) is 33.0 Å². The maximum absolute atomic E-state index is 13.7. The van der Waals surface area contributed by atoms with Crippen molar-refractivity contribution in [2.75, 3.05) is 48.6 Å². The molecule has 0 aromatic heterocycles. The van der Waals surface area contributed by atoms with Crippen molar-refractivity contribution >= 4 is 5.97 Å². The van der Waals surface area contributed by atoms with E-state index in [0.717, 1.165) is 48.9 Å². The van der Waals surface area contributed by atoms with Crippen molar-refractivity contribution in [1.29, 1.82) is 0 Å². The van der Waals surface area contributed by atoms with Crippen molar-refractivity contribution < 1.29 is 32.9 Å². The van der Waals surface area contributed by atoms with Crippen LogP contribution in [0.2, 0.25) is 0 Å². The third-order valence-electron chi connectivity index (χ3n) is 7.63. The predicted molar refractivity (Wildman–Crippen MR) is 145 cm³/mol. The van der Waals surface area contributed by atoms with E-state index in [0.29, 0.717) is 30.2 Å². The molecule has 3 rings (SSSR count). The van der Waals surface area contributed by atoms with Gasteiger partial charge in [-0.15, -0.1) is 0 Å². The smallest absolute Gasteiger partial charge is 0.339 e. The summed E-state index contributed by atoms with van der Waals surface area (Å²) in [5, 5.41) is 0. The fraction of sp³-hybridized carbons (Fsp3) is 0.567. The predicted octanol–water partition coefficient (Wildman–Crippen LogP) is 5.38. The molecule has 7 nitrogen and oxygen atoms in total. The summed E-state index contributed by atoms with van der Waals surface area (Å²) >= 11 is 0. The molecule has 0 fully saturated rings. The molecule has 1 aliphatic carbocycles. The molecule has 0 heterocycles. The molecule has 210 valence electrons. The number of halogens is 1. The Kier molecular flexibility index (Phi) is 10.4.